The molecule has 0 unspecified atom stereocenters. The molecule has 0 heterocycles. The number of halogens is 3. The summed E-state index contributed by atoms with van der Waals surface area (Å²) in [6.45, 7) is 0. The minimum Gasteiger partial charge on any atom is -0.125 e. The Labute approximate surface area is 59.5 Å². The predicted octanol–water partition coefficient (Wildman–Crippen LogP) is 2.38. The van der Waals surface area contributed by atoms with E-state index in [2.05, 4.69) is 31.9 Å². The van der Waals surface area contributed by atoms with Gasteiger partial charge in [0.25, 0.3) is 0 Å². The van der Waals surface area contributed by atoms with Gasteiger partial charge in [-0.15, -0.1) is 11.6 Å². The van der Waals surface area contributed by atoms with Gasteiger partial charge in [-0.05, 0) is 0 Å². The molecule has 0 saturated heterocycles. The van der Waals surface area contributed by atoms with Crippen molar-refractivity contribution >= 4 is 43.5 Å². The minimum atomic E-state index is 0.430. The molecule has 0 bridgehead atoms. The van der Waals surface area contributed by atoms with Crippen LogP contribution in [0.3, 0.4) is 0 Å². The molecule has 0 spiro atoms. The van der Waals surface area contributed by atoms with Gasteiger partial charge in [0.1, 0.15) is 0 Å². The lowest BCUT2D eigenvalue weighted by molar-refractivity contribution is 1.18. The topological polar surface area (TPSA) is 0 Å². The Hall–Kier alpha value is 1.25. The molecular weight excluding hydrogens is 231 g/mol. The van der Waals surface area contributed by atoms with E-state index >= 15 is 0 Å². The molecule has 0 aromatic carbocycles. The average molecular weight is 236 g/mol. The van der Waals surface area contributed by atoms with Crippen LogP contribution in [0.25, 0.3) is 0 Å². The van der Waals surface area contributed by atoms with Crippen LogP contribution in [0.4, 0.5) is 0 Å². The molecule has 0 fully saturated rings. The maximum Gasteiger partial charge on any atom is 0.0378 e. The fraction of sp³-hybridized carbons (Fsp3) is 1.00. The van der Waals surface area contributed by atoms with Crippen LogP contribution in [-0.2, 0) is 0 Å². The maximum atomic E-state index is 5.38. The first kappa shape index (κ1) is 7.25. The van der Waals surface area contributed by atoms with Crippen molar-refractivity contribution in [3.8, 4) is 0 Å². The first-order valence-electron chi connectivity index (χ1n) is 1.57. The van der Waals surface area contributed by atoms with Crippen LogP contribution in [0.1, 0.15) is 0 Å². The van der Waals surface area contributed by atoms with Gasteiger partial charge in [-0.3, -0.25) is 0 Å². The fourth-order valence-corrected chi connectivity index (χ4v) is 0.643. The van der Waals surface area contributed by atoms with E-state index in [0.717, 1.165) is 5.33 Å². The molecule has 0 nitrogen and oxygen atoms in total. The summed E-state index contributed by atoms with van der Waals surface area (Å²) in [5.41, 5.74) is 0. The van der Waals surface area contributed by atoms with E-state index in [1.165, 1.54) is 0 Å². The lowest BCUT2D eigenvalue weighted by Crippen LogP contribution is -1.98. The molecule has 0 saturated carbocycles. The van der Waals surface area contributed by atoms with E-state index in [-0.39, 0.29) is 0 Å². The number of rotatable bonds is 2. The highest BCUT2D eigenvalue weighted by Crippen LogP contribution is 2.03. The molecule has 0 aromatic rings. The average Bonchev–Trinajstić information content (AvgIpc) is 1.65. The Morgan fingerprint density at radius 1 is 1.67 bits per heavy atom. The Morgan fingerprint density at radius 2 is 2.17 bits per heavy atom. The van der Waals surface area contributed by atoms with E-state index in [1.54, 1.807) is 0 Å². The van der Waals surface area contributed by atoms with Gasteiger partial charge in [-0.25, -0.2) is 0 Å². The summed E-state index contributed by atoms with van der Waals surface area (Å²) in [4.78, 5) is 0.430. The SMILES string of the molecule is ClC[C@@H](Br)CBr. The summed E-state index contributed by atoms with van der Waals surface area (Å²) in [6, 6.07) is 0. The van der Waals surface area contributed by atoms with E-state index in [1.807, 2.05) is 0 Å². The number of alkyl halides is 3. The largest absolute Gasteiger partial charge is 0.125 e. The second kappa shape index (κ2) is 4.41. The van der Waals surface area contributed by atoms with E-state index in [4.69, 9.17) is 11.6 Å². The van der Waals surface area contributed by atoms with Crippen LogP contribution >= 0.6 is 43.5 Å². The summed E-state index contributed by atoms with van der Waals surface area (Å²) < 4.78 is 0. The van der Waals surface area contributed by atoms with Crippen molar-refractivity contribution in [3.05, 3.63) is 0 Å². The third-order valence-corrected chi connectivity index (χ3v) is 3.38. The quantitative estimate of drug-likeness (QED) is 0.646. The number of hydrogen-bond donors (Lipinski definition) is 0. The molecule has 3 heteroatoms. The molecule has 0 aliphatic heterocycles. The summed E-state index contributed by atoms with van der Waals surface area (Å²) in [6.07, 6.45) is 0. The Morgan fingerprint density at radius 3 is 2.17 bits per heavy atom. The van der Waals surface area contributed by atoms with Gasteiger partial charge in [-0.1, -0.05) is 31.9 Å². The van der Waals surface area contributed by atoms with Crippen molar-refractivity contribution in [1.82, 2.24) is 0 Å². The molecule has 0 amide bonds. The summed E-state index contributed by atoms with van der Waals surface area (Å²) in [5, 5.41) is 0.927. The Bertz CT molecular complexity index is 28.0. The van der Waals surface area contributed by atoms with Gasteiger partial charge >= 0.3 is 0 Å². The number of hydrogen-bond acceptors (Lipinski definition) is 0. The first-order valence-corrected chi connectivity index (χ1v) is 4.14. The molecule has 0 aliphatic rings. The van der Waals surface area contributed by atoms with Crippen LogP contribution in [0.15, 0.2) is 0 Å². The molecule has 0 radical (unpaired) electrons. The van der Waals surface area contributed by atoms with Gasteiger partial charge < -0.3 is 0 Å². The van der Waals surface area contributed by atoms with Gasteiger partial charge in [0.05, 0.1) is 0 Å². The molecule has 38 valence electrons. The zero-order chi connectivity index (χ0) is 4.99. The van der Waals surface area contributed by atoms with Crippen molar-refractivity contribution in [2.75, 3.05) is 11.2 Å². The monoisotopic (exact) mass is 234 g/mol. The smallest absolute Gasteiger partial charge is 0.0378 e. The highest BCUT2D eigenvalue weighted by Gasteiger charge is 1.94. The molecule has 0 aromatic heterocycles. The van der Waals surface area contributed by atoms with Crippen LogP contribution < -0.4 is 0 Å². The highest BCUT2D eigenvalue weighted by molar-refractivity contribution is 9.12. The van der Waals surface area contributed by atoms with Gasteiger partial charge in [0, 0.05) is 16.0 Å². The summed E-state index contributed by atoms with van der Waals surface area (Å²) >= 11 is 11.9. The van der Waals surface area contributed by atoms with Gasteiger partial charge in [0.2, 0.25) is 0 Å². The first-order chi connectivity index (χ1) is 2.81. The summed E-state index contributed by atoms with van der Waals surface area (Å²) in [7, 11) is 0. The van der Waals surface area contributed by atoms with Crippen LogP contribution in [0.2, 0.25) is 0 Å². The molecule has 1 atom stereocenters. The zero-order valence-electron chi connectivity index (χ0n) is 3.13. The van der Waals surface area contributed by atoms with Gasteiger partial charge in [-0.2, -0.15) is 0 Å². The zero-order valence-corrected chi connectivity index (χ0v) is 7.05. The third kappa shape index (κ3) is 3.44. The lowest BCUT2D eigenvalue weighted by Gasteiger charge is -1.93. The van der Waals surface area contributed by atoms with Crippen molar-refractivity contribution in [3.63, 3.8) is 0 Å². The van der Waals surface area contributed by atoms with Crippen LogP contribution in [-0.4, -0.2) is 16.0 Å². The Kier molecular flexibility index (Phi) is 5.33. The fourth-order valence-electron chi connectivity index (χ4n) is 0.0412. The van der Waals surface area contributed by atoms with Crippen LogP contribution in [0, 0.1) is 0 Å². The van der Waals surface area contributed by atoms with Crippen molar-refractivity contribution in [1.29, 1.82) is 0 Å². The normalized spacial score (nSPS) is 14.5. The molecule has 0 rings (SSSR count). The Balaban J connectivity index is 2.75. The van der Waals surface area contributed by atoms with E-state index < -0.39 is 0 Å². The molecular formula is C3H5Br2Cl. The van der Waals surface area contributed by atoms with Crippen molar-refractivity contribution in [2.24, 2.45) is 0 Å². The van der Waals surface area contributed by atoms with Gasteiger partial charge in [0.15, 0.2) is 0 Å². The standard InChI is InChI=1S/C3H5Br2Cl/c4-1-3(5)2-6/h3H,1-2H2/t3-/m0/s1. The highest BCUT2D eigenvalue weighted by atomic mass is 79.9. The third-order valence-electron chi connectivity index (χ3n) is 0.335. The lowest BCUT2D eigenvalue weighted by atomic mass is 10.6. The summed E-state index contributed by atoms with van der Waals surface area (Å²) in [5.74, 6) is 0.672. The minimum absolute atomic E-state index is 0.430. The van der Waals surface area contributed by atoms with Crippen molar-refractivity contribution in [2.45, 2.75) is 4.83 Å². The van der Waals surface area contributed by atoms with Crippen LogP contribution in [0.5, 0.6) is 0 Å². The predicted molar refractivity (Wildman–Crippen MR) is 37.2 cm³/mol. The molecule has 0 N–H and O–H groups in total. The van der Waals surface area contributed by atoms with E-state index in [0.29, 0.717) is 10.7 Å². The second-order valence-corrected chi connectivity index (χ2v) is 3.16. The van der Waals surface area contributed by atoms with E-state index in [9.17, 15) is 0 Å². The molecule has 6 heavy (non-hydrogen) atoms. The molecule has 0 aliphatic carbocycles. The second-order valence-electron chi connectivity index (χ2n) is 0.906. The maximum absolute atomic E-state index is 5.38. The van der Waals surface area contributed by atoms with Crippen molar-refractivity contribution < 1.29 is 0 Å².